The molecule has 1 aliphatic rings. The van der Waals surface area contributed by atoms with E-state index in [1.54, 1.807) is 6.07 Å². The van der Waals surface area contributed by atoms with Crippen LogP contribution < -0.4 is 5.32 Å². The minimum Gasteiger partial charge on any atom is -0.374 e. The quantitative estimate of drug-likeness (QED) is 0.748. The normalized spacial score (nSPS) is 18.4. The molecule has 0 bridgehead atoms. The van der Waals surface area contributed by atoms with Crippen molar-refractivity contribution in [2.45, 2.75) is 18.8 Å². The summed E-state index contributed by atoms with van der Waals surface area (Å²) in [6.07, 6.45) is -4.28. The summed E-state index contributed by atoms with van der Waals surface area (Å²) in [5.41, 5.74) is 0.168. The van der Waals surface area contributed by atoms with Crippen LogP contribution in [0.1, 0.15) is 11.1 Å². The molecule has 0 spiro atoms. The van der Waals surface area contributed by atoms with Crippen molar-refractivity contribution in [2.75, 3.05) is 26.2 Å². The van der Waals surface area contributed by atoms with Crippen molar-refractivity contribution in [1.82, 2.24) is 10.2 Å². The minimum absolute atomic E-state index is 0.0434. The molecule has 1 N–H and O–H groups in total. The Hall–Kier alpha value is -2.64. The molecule has 3 rings (SSSR count). The minimum atomic E-state index is -4.62. The first-order valence-electron chi connectivity index (χ1n) is 9.42. The van der Waals surface area contributed by atoms with Crippen LogP contribution in [-0.4, -0.2) is 49.3 Å². The van der Waals surface area contributed by atoms with Gasteiger partial charge in [-0.1, -0.05) is 60.7 Å². The molecule has 2 aromatic rings. The van der Waals surface area contributed by atoms with Crippen molar-refractivity contribution in [1.29, 1.82) is 0 Å². The lowest BCUT2D eigenvalue weighted by molar-refractivity contribution is -0.118. The average Bonchev–Trinajstić information content (AvgIpc) is 2.71. The van der Waals surface area contributed by atoms with Crippen molar-refractivity contribution >= 4 is 11.5 Å². The van der Waals surface area contributed by atoms with Gasteiger partial charge in [-0.25, -0.2) is 0 Å². The second kappa shape index (κ2) is 9.71. The van der Waals surface area contributed by atoms with Crippen molar-refractivity contribution in [3.63, 3.8) is 0 Å². The predicted molar refractivity (Wildman–Crippen MR) is 105 cm³/mol. The van der Waals surface area contributed by atoms with Crippen LogP contribution in [-0.2, 0) is 16.1 Å². The van der Waals surface area contributed by atoms with Gasteiger partial charge in [-0.2, -0.15) is 13.2 Å². The van der Waals surface area contributed by atoms with Crippen molar-refractivity contribution in [2.24, 2.45) is 0 Å². The fraction of sp³-hybridized carbons (Fsp3) is 0.318. The maximum Gasteiger partial charge on any atom is 0.417 e. The van der Waals surface area contributed by atoms with Gasteiger partial charge in [0.25, 0.3) is 0 Å². The number of amides is 1. The van der Waals surface area contributed by atoms with E-state index in [-0.39, 0.29) is 18.2 Å². The number of carbonyl (C=O) groups is 1. The van der Waals surface area contributed by atoms with E-state index in [1.165, 1.54) is 29.8 Å². The number of ether oxygens (including phenoxy) is 1. The molecule has 154 valence electrons. The Labute approximate surface area is 168 Å². The molecule has 1 aliphatic heterocycles. The number of hydrogen-bond acceptors (Lipinski definition) is 3. The highest BCUT2D eigenvalue weighted by Crippen LogP contribution is 2.33. The summed E-state index contributed by atoms with van der Waals surface area (Å²) in [6.45, 7) is 2.80. The monoisotopic (exact) mass is 404 g/mol. The van der Waals surface area contributed by atoms with E-state index >= 15 is 0 Å². The molecule has 0 radical (unpaired) electrons. The largest absolute Gasteiger partial charge is 0.417 e. The number of alkyl halides is 3. The van der Waals surface area contributed by atoms with Crippen molar-refractivity contribution in [3.8, 4) is 0 Å². The van der Waals surface area contributed by atoms with Crippen LogP contribution in [0, 0.1) is 0 Å². The molecule has 1 amide bonds. The van der Waals surface area contributed by atoms with Crippen LogP contribution in [0.3, 0.4) is 0 Å². The van der Waals surface area contributed by atoms with Gasteiger partial charge in [0.15, 0.2) is 0 Å². The van der Waals surface area contributed by atoms with E-state index in [1.807, 2.05) is 30.3 Å². The molecule has 2 aromatic carbocycles. The molecular formula is C22H23F3N2O2. The first-order chi connectivity index (χ1) is 13.9. The van der Waals surface area contributed by atoms with Gasteiger partial charge >= 0.3 is 6.18 Å². The van der Waals surface area contributed by atoms with Crippen LogP contribution >= 0.6 is 0 Å². The van der Waals surface area contributed by atoms with Crippen molar-refractivity contribution < 1.29 is 22.7 Å². The molecule has 29 heavy (non-hydrogen) atoms. The van der Waals surface area contributed by atoms with Crippen LogP contribution in [0.25, 0.3) is 5.57 Å². The lowest BCUT2D eigenvalue weighted by Crippen LogP contribution is -2.47. The summed E-state index contributed by atoms with van der Waals surface area (Å²) in [5, 5.41) is 2.54. The number of hydrogen-bond donors (Lipinski definition) is 1. The maximum absolute atomic E-state index is 13.3. The zero-order valence-electron chi connectivity index (χ0n) is 15.9. The Balaban J connectivity index is 1.57. The van der Waals surface area contributed by atoms with Gasteiger partial charge in [0.2, 0.25) is 5.91 Å². The Bertz CT molecular complexity index is 823. The maximum atomic E-state index is 13.3. The first kappa shape index (κ1) is 21.1. The molecule has 1 atom stereocenters. The summed E-state index contributed by atoms with van der Waals surface area (Å²) in [5.74, 6) is -0.787. The Morgan fingerprint density at radius 1 is 1.10 bits per heavy atom. The molecule has 0 aliphatic carbocycles. The van der Waals surface area contributed by atoms with Gasteiger partial charge in [0.05, 0.1) is 18.3 Å². The third-order valence-electron chi connectivity index (χ3n) is 4.64. The average molecular weight is 404 g/mol. The third-order valence-corrected chi connectivity index (χ3v) is 4.64. The number of rotatable bonds is 6. The van der Waals surface area contributed by atoms with Crippen LogP contribution in [0.2, 0.25) is 0 Å². The van der Waals surface area contributed by atoms with E-state index in [4.69, 9.17) is 4.74 Å². The summed E-state index contributed by atoms with van der Waals surface area (Å²) in [4.78, 5) is 14.3. The molecule has 1 heterocycles. The van der Waals surface area contributed by atoms with E-state index in [0.717, 1.165) is 13.1 Å². The Morgan fingerprint density at radius 3 is 2.41 bits per heavy atom. The molecule has 0 saturated carbocycles. The predicted octanol–water partition coefficient (Wildman–Crippen LogP) is 3.65. The van der Waals surface area contributed by atoms with Gasteiger partial charge in [0.1, 0.15) is 0 Å². The highest BCUT2D eigenvalue weighted by Gasteiger charge is 2.35. The number of nitrogens with one attached hydrogen (secondary N) is 1. The lowest BCUT2D eigenvalue weighted by atomic mass is 10.1. The SMILES string of the molecule is O=C(/C=C(/c1ccccc1)C(F)(F)F)NCC1CN(Cc2ccccc2)CCO1. The Morgan fingerprint density at radius 2 is 1.76 bits per heavy atom. The molecular weight excluding hydrogens is 381 g/mol. The highest BCUT2D eigenvalue weighted by atomic mass is 19.4. The summed E-state index contributed by atoms with van der Waals surface area (Å²) in [6, 6.07) is 17.3. The van der Waals surface area contributed by atoms with Crippen LogP contribution in [0.15, 0.2) is 66.7 Å². The second-order valence-corrected chi connectivity index (χ2v) is 6.88. The van der Waals surface area contributed by atoms with Gasteiger partial charge in [-0.05, 0) is 11.1 Å². The highest BCUT2D eigenvalue weighted by molar-refractivity contribution is 5.96. The molecule has 1 saturated heterocycles. The molecule has 1 unspecified atom stereocenters. The van der Waals surface area contributed by atoms with E-state index in [0.29, 0.717) is 19.2 Å². The number of morpholine rings is 1. The van der Waals surface area contributed by atoms with E-state index in [2.05, 4.69) is 10.2 Å². The fourth-order valence-corrected chi connectivity index (χ4v) is 3.23. The molecule has 7 heteroatoms. The smallest absolute Gasteiger partial charge is 0.374 e. The molecule has 0 aromatic heterocycles. The van der Waals surface area contributed by atoms with Gasteiger partial charge < -0.3 is 10.1 Å². The molecule has 4 nitrogen and oxygen atoms in total. The van der Waals surface area contributed by atoms with Gasteiger partial charge in [-0.15, -0.1) is 0 Å². The van der Waals surface area contributed by atoms with Crippen LogP contribution in [0.4, 0.5) is 13.2 Å². The van der Waals surface area contributed by atoms with E-state index < -0.39 is 17.7 Å². The summed E-state index contributed by atoms with van der Waals surface area (Å²) >= 11 is 0. The number of benzene rings is 2. The lowest BCUT2D eigenvalue weighted by Gasteiger charge is -2.33. The fourth-order valence-electron chi connectivity index (χ4n) is 3.23. The topological polar surface area (TPSA) is 41.6 Å². The Kier molecular flexibility index (Phi) is 7.06. The second-order valence-electron chi connectivity index (χ2n) is 6.88. The molecule has 1 fully saturated rings. The summed E-state index contributed by atoms with van der Waals surface area (Å²) < 4.78 is 45.7. The van der Waals surface area contributed by atoms with Gasteiger partial charge in [0, 0.05) is 32.3 Å². The number of carbonyl (C=O) groups excluding carboxylic acids is 1. The summed E-state index contributed by atoms with van der Waals surface area (Å²) in [7, 11) is 0. The van der Waals surface area contributed by atoms with Crippen molar-refractivity contribution in [3.05, 3.63) is 77.9 Å². The third kappa shape index (κ3) is 6.44. The number of halogens is 3. The van der Waals surface area contributed by atoms with E-state index in [9.17, 15) is 18.0 Å². The zero-order valence-corrected chi connectivity index (χ0v) is 15.9. The number of nitrogens with zero attached hydrogens (tertiary/aromatic N) is 1. The standard InChI is InChI=1S/C22H23F3N2O2/c23-22(24,25)20(18-9-5-2-6-10-18)13-21(28)26-14-19-16-27(11-12-29-19)15-17-7-3-1-4-8-17/h1-10,13,19H,11-12,14-16H2,(H,26,28)/b20-13-. The van der Waals surface area contributed by atoms with Gasteiger partial charge in [-0.3, -0.25) is 9.69 Å². The first-order valence-corrected chi connectivity index (χ1v) is 9.42. The number of allylic oxidation sites excluding steroid dienone is 1. The zero-order chi connectivity index (χ0) is 20.7. The van der Waals surface area contributed by atoms with Crippen LogP contribution in [0.5, 0.6) is 0 Å².